The highest BCUT2D eigenvalue weighted by atomic mass is 35.5. The molecule has 1 saturated heterocycles. The van der Waals surface area contributed by atoms with Gasteiger partial charge in [0.1, 0.15) is 0 Å². The summed E-state index contributed by atoms with van der Waals surface area (Å²) in [7, 11) is 0. The highest BCUT2D eigenvalue weighted by Gasteiger charge is 2.24. The summed E-state index contributed by atoms with van der Waals surface area (Å²) in [6, 6.07) is 0.416. The summed E-state index contributed by atoms with van der Waals surface area (Å²) < 4.78 is 0. The second-order valence-electron chi connectivity index (χ2n) is 5.13. The van der Waals surface area contributed by atoms with Gasteiger partial charge in [-0.05, 0) is 32.2 Å². The lowest BCUT2D eigenvalue weighted by molar-refractivity contribution is -0.126. The third-order valence-electron chi connectivity index (χ3n) is 3.25. The van der Waals surface area contributed by atoms with E-state index in [0.717, 1.165) is 19.4 Å². The molecule has 102 valence electrons. The van der Waals surface area contributed by atoms with Gasteiger partial charge in [-0.1, -0.05) is 13.8 Å². The molecule has 1 rings (SSSR count). The summed E-state index contributed by atoms with van der Waals surface area (Å²) in [5.74, 6) is 0.385. The van der Waals surface area contributed by atoms with Crippen molar-refractivity contribution in [1.29, 1.82) is 0 Å². The number of halogens is 1. The molecular formula is C12H25ClN2O2. The van der Waals surface area contributed by atoms with E-state index in [1.54, 1.807) is 0 Å². The van der Waals surface area contributed by atoms with Gasteiger partial charge in [0.2, 0.25) is 5.91 Å². The van der Waals surface area contributed by atoms with E-state index in [9.17, 15) is 9.90 Å². The summed E-state index contributed by atoms with van der Waals surface area (Å²) >= 11 is 0. The molecule has 1 aliphatic rings. The normalized spacial score (nSPS) is 26.2. The van der Waals surface area contributed by atoms with Crippen molar-refractivity contribution in [2.45, 2.75) is 45.8 Å². The Bertz CT molecular complexity index is 237. The molecule has 0 radical (unpaired) electrons. The third kappa shape index (κ3) is 5.70. The molecule has 17 heavy (non-hydrogen) atoms. The van der Waals surface area contributed by atoms with Crippen molar-refractivity contribution in [2.75, 3.05) is 13.1 Å². The fraction of sp³-hybridized carbons (Fsp3) is 0.917. The van der Waals surface area contributed by atoms with Gasteiger partial charge in [0.05, 0.1) is 6.10 Å². The molecule has 1 amide bonds. The van der Waals surface area contributed by atoms with Crippen molar-refractivity contribution in [3.63, 3.8) is 0 Å². The standard InChI is InChI=1S/C12H24N2O2.ClH/c1-8(2)11(15)7-14-12(16)10-4-5-13-9(3)6-10;/h8-11,13,15H,4-7H2,1-3H3,(H,14,16);1H/t9-,10-,11?;/m0./s1. The monoisotopic (exact) mass is 264 g/mol. The first-order chi connectivity index (χ1) is 7.50. The van der Waals surface area contributed by atoms with E-state index in [-0.39, 0.29) is 30.2 Å². The molecule has 0 aromatic heterocycles. The van der Waals surface area contributed by atoms with Crippen LogP contribution < -0.4 is 10.6 Å². The maximum Gasteiger partial charge on any atom is 0.223 e. The zero-order valence-corrected chi connectivity index (χ0v) is 11.7. The molecule has 1 fully saturated rings. The number of hydrogen-bond donors (Lipinski definition) is 3. The Morgan fingerprint density at radius 3 is 2.71 bits per heavy atom. The molecule has 0 aliphatic carbocycles. The molecule has 0 spiro atoms. The molecule has 3 N–H and O–H groups in total. The molecule has 5 heteroatoms. The number of rotatable bonds is 4. The molecule has 0 bridgehead atoms. The minimum Gasteiger partial charge on any atom is -0.391 e. The third-order valence-corrected chi connectivity index (χ3v) is 3.25. The maximum atomic E-state index is 11.8. The highest BCUT2D eigenvalue weighted by Crippen LogP contribution is 2.16. The van der Waals surface area contributed by atoms with E-state index in [0.29, 0.717) is 12.6 Å². The molecule has 3 atom stereocenters. The van der Waals surface area contributed by atoms with Crippen molar-refractivity contribution in [3.05, 3.63) is 0 Å². The van der Waals surface area contributed by atoms with Gasteiger partial charge in [-0.3, -0.25) is 4.79 Å². The van der Waals surface area contributed by atoms with Crippen molar-refractivity contribution >= 4 is 18.3 Å². The van der Waals surface area contributed by atoms with Crippen LogP contribution in [0.15, 0.2) is 0 Å². The minimum absolute atomic E-state index is 0. The first-order valence-electron chi connectivity index (χ1n) is 6.20. The average molecular weight is 265 g/mol. The summed E-state index contributed by atoms with van der Waals surface area (Å²) in [5.41, 5.74) is 0. The van der Waals surface area contributed by atoms with Gasteiger partial charge in [0, 0.05) is 18.5 Å². The van der Waals surface area contributed by atoms with E-state index < -0.39 is 6.10 Å². The van der Waals surface area contributed by atoms with Crippen LogP contribution in [0.2, 0.25) is 0 Å². The fourth-order valence-corrected chi connectivity index (χ4v) is 1.96. The molecule has 0 saturated carbocycles. The van der Waals surface area contributed by atoms with Gasteiger partial charge >= 0.3 is 0 Å². The molecule has 0 aromatic rings. The van der Waals surface area contributed by atoms with Gasteiger partial charge in [-0.2, -0.15) is 0 Å². The van der Waals surface area contributed by atoms with Crippen LogP contribution in [0.5, 0.6) is 0 Å². The van der Waals surface area contributed by atoms with Gasteiger partial charge in [-0.15, -0.1) is 12.4 Å². The number of hydrogen-bond acceptors (Lipinski definition) is 3. The second-order valence-corrected chi connectivity index (χ2v) is 5.13. The summed E-state index contributed by atoms with van der Waals surface area (Å²) in [6.07, 6.45) is 1.35. The Labute approximate surface area is 110 Å². The number of carbonyl (C=O) groups is 1. The number of amides is 1. The zero-order valence-electron chi connectivity index (χ0n) is 10.9. The quantitative estimate of drug-likeness (QED) is 0.708. The number of nitrogens with one attached hydrogen (secondary N) is 2. The van der Waals surface area contributed by atoms with Crippen LogP contribution in [0.3, 0.4) is 0 Å². The van der Waals surface area contributed by atoms with Crippen molar-refractivity contribution in [1.82, 2.24) is 10.6 Å². The maximum absolute atomic E-state index is 11.8. The molecule has 1 unspecified atom stereocenters. The van der Waals surface area contributed by atoms with E-state index in [1.807, 2.05) is 13.8 Å². The first kappa shape index (κ1) is 16.7. The lowest BCUT2D eigenvalue weighted by Gasteiger charge is -2.27. The second kappa shape index (κ2) is 7.90. The van der Waals surface area contributed by atoms with Gasteiger partial charge in [0.15, 0.2) is 0 Å². The lowest BCUT2D eigenvalue weighted by atomic mass is 9.92. The first-order valence-corrected chi connectivity index (χ1v) is 6.20. The Hall–Kier alpha value is -0.320. The Morgan fingerprint density at radius 1 is 1.53 bits per heavy atom. The van der Waals surface area contributed by atoms with E-state index in [1.165, 1.54) is 0 Å². The summed E-state index contributed by atoms with van der Waals surface area (Å²) in [4.78, 5) is 11.8. The van der Waals surface area contributed by atoms with E-state index in [4.69, 9.17) is 0 Å². The predicted molar refractivity (Wildman–Crippen MR) is 71.3 cm³/mol. The number of aliphatic hydroxyl groups excluding tert-OH is 1. The Morgan fingerprint density at radius 2 is 2.18 bits per heavy atom. The fourth-order valence-electron chi connectivity index (χ4n) is 1.96. The molecule has 0 aromatic carbocycles. The van der Waals surface area contributed by atoms with Crippen LogP contribution in [0.25, 0.3) is 0 Å². The molecule has 1 aliphatic heterocycles. The number of aliphatic hydroxyl groups is 1. The van der Waals surface area contributed by atoms with Crippen LogP contribution in [0, 0.1) is 11.8 Å². The van der Waals surface area contributed by atoms with Crippen LogP contribution in [-0.4, -0.2) is 36.2 Å². The van der Waals surface area contributed by atoms with Gasteiger partial charge in [0.25, 0.3) is 0 Å². The van der Waals surface area contributed by atoms with Gasteiger partial charge < -0.3 is 15.7 Å². The number of carbonyl (C=O) groups excluding carboxylic acids is 1. The van der Waals surface area contributed by atoms with Crippen LogP contribution in [0.1, 0.15) is 33.6 Å². The van der Waals surface area contributed by atoms with E-state index in [2.05, 4.69) is 17.6 Å². The Balaban J connectivity index is 0.00000256. The van der Waals surface area contributed by atoms with Crippen molar-refractivity contribution in [2.24, 2.45) is 11.8 Å². The molecule has 4 nitrogen and oxygen atoms in total. The van der Waals surface area contributed by atoms with Gasteiger partial charge in [-0.25, -0.2) is 0 Å². The van der Waals surface area contributed by atoms with Crippen LogP contribution >= 0.6 is 12.4 Å². The van der Waals surface area contributed by atoms with Crippen molar-refractivity contribution < 1.29 is 9.90 Å². The van der Waals surface area contributed by atoms with Crippen LogP contribution in [-0.2, 0) is 4.79 Å². The van der Waals surface area contributed by atoms with Crippen LogP contribution in [0.4, 0.5) is 0 Å². The summed E-state index contributed by atoms with van der Waals surface area (Å²) in [6.45, 7) is 7.27. The largest absolute Gasteiger partial charge is 0.391 e. The van der Waals surface area contributed by atoms with Crippen molar-refractivity contribution in [3.8, 4) is 0 Å². The smallest absolute Gasteiger partial charge is 0.223 e. The zero-order chi connectivity index (χ0) is 12.1. The molecule has 1 heterocycles. The summed E-state index contributed by atoms with van der Waals surface area (Å²) in [5, 5.41) is 15.8. The lowest BCUT2D eigenvalue weighted by Crippen LogP contribution is -2.44. The SMILES string of the molecule is CC(C)C(O)CNC(=O)[C@H]1CCN[C@@H](C)C1.Cl. The Kier molecular flexibility index (Phi) is 7.75. The predicted octanol–water partition coefficient (Wildman–Crippen LogP) is 0.929. The van der Waals surface area contributed by atoms with E-state index >= 15 is 0 Å². The molecular weight excluding hydrogens is 240 g/mol. The minimum atomic E-state index is -0.442. The highest BCUT2D eigenvalue weighted by molar-refractivity contribution is 5.85. The number of piperidine rings is 1. The topological polar surface area (TPSA) is 61.4 Å². The average Bonchev–Trinajstić information content (AvgIpc) is 2.25.